The van der Waals surface area contributed by atoms with Gasteiger partial charge in [-0.1, -0.05) is 6.07 Å². The van der Waals surface area contributed by atoms with Gasteiger partial charge in [-0.05, 0) is 31.0 Å². The van der Waals surface area contributed by atoms with Crippen LogP contribution in [0.15, 0.2) is 18.2 Å². The second-order valence-electron chi connectivity index (χ2n) is 4.40. The zero-order chi connectivity index (χ0) is 14.4. The number of hydrogen-bond donors (Lipinski definition) is 2. The lowest BCUT2D eigenvalue weighted by molar-refractivity contribution is -0.125. The smallest absolute Gasteiger partial charge is 0.245 e. The molecule has 1 heterocycles. The summed E-state index contributed by atoms with van der Waals surface area (Å²) in [5.41, 5.74) is 0.744. The Morgan fingerprint density at radius 2 is 2.25 bits per heavy atom. The van der Waals surface area contributed by atoms with E-state index in [1.54, 1.807) is 18.2 Å². The third-order valence-electron chi connectivity index (χ3n) is 2.96. The van der Waals surface area contributed by atoms with Gasteiger partial charge in [0.15, 0.2) is 11.5 Å². The van der Waals surface area contributed by atoms with Crippen LogP contribution in [0.25, 0.3) is 0 Å². The summed E-state index contributed by atoms with van der Waals surface area (Å²) < 4.78 is 15.4. The molecule has 0 radical (unpaired) electrons. The lowest BCUT2D eigenvalue weighted by Gasteiger charge is -2.12. The largest absolute Gasteiger partial charge is 0.454 e. The fraction of sp³-hybridized carbons (Fsp3) is 0.500. The second-order valence-corrected chi connectivity index (χ2v) is 4.40. The first-order chi connectivity index (χ1) is 9.70. The first-order valence-electron chi connectivity index (χ1n) is 6.62. The van der Waals surface area contributed by atoms with Gasteiger partial charge in [-0.2, -0.15) is 0 Å². The van der Waals surface area contributed by atoms with Crippen molar-refractivity contribution in [3.8, 4) is 11.5 Å². The maximum absolute atomic E-state index is 11.3. The maximum Gasteiger partial charge on any atom is 0.245 e. The van der Waals surface area contributed by atoms with Gasteiger partial charge in [0.2, 0.25) is 12.7 Å². The van der Waals surface area contributed by atoms with Crippen LogP contribution < -0.4 is 14.8 Å². The Kier molecular flexibility index (Phi) is 5.20. The fourth-order valence-electron chi connectivity index (χ4n) is 1.88. The molecule has 0 spiro atoms. The highest BCUT2D eigenvalue weighted by molar-refractivity contribution is 5.77. The predicted octanol–water partition coefficient (Wildman–Crippen LogP) is 0.991. The Morgan fingerprint density at radius 1 is 1.45 bits per heavy atom. The normalized spacial score (nSPS) is 14.1. The van der Waals surface area contributed by atoms with Gasteiger partial charge in [0.25, 0.3) is 0 Å². The lowest BCUT2D eigenvalue weighted by Crippen LogP contribution is -2.29. The van der Waals surface area contributed by atoms with Crippen molar-refractivity contribution in [3.63, 3.8) is 0 Å². The molecule has 1 aromatic rings. The standard InChI is InChI=1S/C14H19NO5/c1-2-18-8-14(17)15-6-5-11(16)10-3-4-12-13(7-10)20-9-19-12/h3-4,7,11,16H,2,5-6,8-9H2,1H3,(H,15,17)/t11-/m1/s1. The highest BCUT2D eigenvalue weighted by Crippen LogP contribution is 2.34. The molecule has 0 fully saturated rings. The van der Waals surface area contributed by atoms with Crippen molar-refractivity contribution in [1.82, 2.24) is 5.32 Å². The van der Waals surface area contributed by atoms with E-state index in [2.05, 4.69) is 5.32 Å². The molecule has 110 valence electrons. The number of carbonyl (C=O) groups is 1. The van der Waals surface area contributed by atoms with Crippen molar-refractivity contribution in [2.24, 2.45) is 0 Å². The topological polar surface area (TPSA) is 77.0 Å². The first-order valence-corrected chi connectivity index (χ1v) is 6.62. The molecule has 2 rings (SSSR count). The summed E-state index contributed by atoms with van der Waals surface area (Å²) in [6, 6.07) is 5.32. The van der Waals surface area contributed by atoms with Crippen LogP contribution in [0.3, 0.4) is 0 Å². The van der Waals surface area contributed by atoms with Crippen LogP contribution in [0.5, 0.6) is 11.5 Å². The molecular formula is C14H19NO5. The summed E-state index contributed by atoms with van der Waals surface area (Å²) in [4.78, 5) is 11.3. The highest BCUT2D eigenvalue weighted by Gasteiger charge is 2.16. The number of fused-ring (bicyclic) bond motifs is 1. The monoisotopic (exact) mass is 281 g/mol. The summed E-state index contributed by atoms with van der Waals surface area (Å²) in [5, 5.41) is 12.8. The molecule has 1 atom stereocenters. The minimum Gasteiger partial charge on any atom is -0.454 e. The van der Waals surface area contributed by atoms with Crippen LogP contribution in [-0.2, 0) is 9.53 Å². The van der Waals surface area contributed by atoms with E-state index in [4.69, 9.17) is 14.2 Å². The van der Waals surface area contributed by atoms with Crippen molar-refractivity contribution in [3.05, 3.63) is 23.8 Å². The van der Waals surface area contributed by atoms with Gasteiger partial charge in [0, 0.05) is 13.2 Å². The van der Waals surface area contributed by atoms with Gasteiger partial charge >= 0.3 is 0 Å². The molecule has 0 saturated heterocycles. The van der Waals surface area contributed by atoms with Crippen LogP contribution in [0.4, 0.5) is 0 Å². The predicted molar refractivity (Wildman–Crippen MR) is 71.6 cm³/mol. The molecule has 0 bridgehead atoms. The fourth-order valence-corrected chi connectivity index (χ4v) is 1.88. The average molecular weight is 281 g/mol. The maximum atomic E-state index is 11.3. The first kappa shape index (κ1) is 14.6. The Morgan fingerprint density at radius 3 is 3.05 bits per heavy atom. The van der Waals surface area contributed by atoms with Crippen molar-refractivity contribution < 1.29 is 24.1 Å². The van der Waals surface area contributed by atoms with E-state index in [9.17, 15) is 9.90 Å². The average Bonchev–Trinajstić information content (AvgIpc) is 2.92. The zero-order valence-corrected chi connectivity index (χ0v) is 11.4. The summed E-state index contributed by atoms with van der Waals surface area (Å²) in [6.45, 7) is 2.99. The number of aliphatic hydroxyl groups excluding tert-OH is 1. The molecule has 2 N–H and O–H groups in total. The number of nitrogens with one attached hydrogen (secondary N) is 1. The van der Waals surface area contributed by atoms with Gasteiger partial charge in [-0.25, -0.2) is 0 Å². The van der Waals surface area contributed by atoms with Crippen molar-refractivity contribution in [2.75, 3.05) is 26.6 Å². The van der Waals surface area contributed by atoms with Crippen molar-refractivity contribution >= 4 is 5.91 Å². The van der Waals surface area contributed by atoms with E-state index in [-0.39, 0.29) is 19.3 Å². The molecule has 0 aliphatic carbocycles. The van der Waals surface area contributed by atoms with E-state index in [1.165, 1.54) is 0 Å². The zero-order valence-electron chi connectivity index (χ0n) is 11.4. The van der Waals surface area contributed by atoms with E-state index in [0.29, 0.717) is 31.1 Å². The number of rotatable bonds is 7. The second kappa shape index (κ2) is 7.12. The molecular weight excluding hydrogens is 262 g/mol. The summed E-state index contributed by atoms with van der Waals surface area (Å²) in [5.74, 6) is 1.15. The van der Waals surface area contributed by atoms with E-state index < -0.39 is 6.10 Å². The molecule has 1 aliphatic rings. The molecule has 1 aliphatic heterocycles. The number of amides is 1. The molecule has 1 aromatic carbocycles. The van der Waals surface area contributed by atoms with E-state index in [1.807, 2.05) is 6.92 Å². The number of aliphatic hydroxyl groups is 1. The number of ether oxygens (including phenoxy) is 3. The SMILES string of the molecule is CCOCC(=O)NCC[C@@H](O)c1ccc2c(c1)OCO2. The third-order valence-corrected chi connectivity index (χ3v) is 2.96. The highest BCUT2D eigenvalue weighted by atomic mass is 16.7. The molecule has 6 heteroatoms. The molecule has 0 unspecified atom stereocenters. The Hall–Kier alpha value is -1.79. The Balaban J connectivity index is 1.77. The van der Waals surface area contributed by atoms with Gasteiger partial charge in [-0.3, -0.25) is 4.79 Å². The number of hydrogen-bond acceptors (Lipinski definition) is 5. The lowest BCUT2D eigenvalue weighted by atomic mass is 10.1. The number of carbonyl (C=O) groups excluding carboxylic acids is 1. The van der Waals surface area contributed by atoms with E-state index >= 15 is 0 Å². The molecule has 0 aromatic heterocycles. The van der Waals surface area contributed by atoms with E-state index in [0.717, 1.165) is 5.56 Å². The van der Waals surface area contributed by atoms with Crippen LogP contribution in [0, 0.1) is 0 Å². The summed E-state index contributed by atoms with van der Waals surface area (Å²) >= 11 is 0. The van der Waals surface area contributed by atoms with Gasteiger partial charge in [-0.15, -0.1) is 0 Å². The van der Waals surface area contributed by atoms with Crippen molar-refractivity contribution in [2.45, 2.75) is 19.4 Å². The van der Waals surface area contributed by atoms with Crippen LogP contribution in [0.1, 0.15) is 25.0 Å². The molecule has 6 nitrogen and oxygen atoms in total. The minimum absolute atomic E-state index is 0.0522. The number of benzene rings is 1. The molecule has 1 amide bonds. The Labute approximate surface area is 117 Å². The Bertz CT molecular complexity index is 463. The van der Waals surface area contributed by atoms with Gasteiger partial charge in [0.1, 0.15) is 6.61 Å². The van der Waals surface area contributed by atoms with Crippen LogP contribution in [0.2, 0.25) is 0 Å². The summed E-state index contributed by atoms with van der Waals surface area (Å²) in [7, 11) is 0. The molecule has 0 saturated carbocycles. The molecule has 20 heavy (non-hydrogen) atoms. The van der Waals surface area contributed by atoms with Crippen LogP contribution >= 0.6 is 0 Å². The van der Waals surface area contributed by atoms with Gasteiger partial charge < -0.3 is 24.6 Å². The van der Waals surface area contributed by atoms with Crippen LogP contribution in [-0.4, -0.2) is 37.6 Å². The minimum atomic E-state index is -0.656. The third kappa shape index (κ3) is 3.85. The van der Waals surface area contributed by atoms with Crippen molar-refractivity contribution in [1.29, 1.82) is 0 Å². The summed E-state index contributed by atoms with van der Waals surface area (Å²) in [6.07, 6.45) is -0.228. The van der Waals surface area contributed by atoms with Gasteiger partial charge in [0.05, 0.1) is 6.10 Å². The quantitative estimate of drug-likeness (QED) is 0.779.